The molecule has 1 nitrogen and oxygen atoms in total. The van der Waals surface area contributed by atoms with Gasteiger partial charge in [-0.15, -0.1) is 0 Å². The van der Waals surface area contributed by atoms with Crippen molar-refractivity contribution in [1.29, 1.82) is 0 Å². The fourth-order valence-corrected chi connectivity index (χ4v) is 5.52. The maximum atomic E-state index is 11.8. The number of fused-ring (bicyclic) bond motifs is 2. The Morgan fingerprint density at radius 1 is 1.23 bits per heavy atom. The monoisotopic (exact) mass is 238 g/mol. The minimum atomic E-state index is 0.416. The molecule has 4 rings (SSSR count). The summed E-state index contributed by atoms with van der Waals surface area (Å²) in [5.74, 6) is 4.66. The molecule has 3 saturated carbocycles. The first kappa shape index (κ1) is 7.22. The topological polar surface area (TPSA) is 17.1 Å². The van der Waals surface area contributed by atoms with Gasteiger partial charge in [0.1, 0.15) is 5.78 Å². The van der Waals surface area contributed by atoms with E-state index in [0.29, 0.717) is 17.6 Å². The molecule has 0 saturated heterocycles. The Labute approximate surface area is 85.7 Å². The Hall–Kier alpha value is -0.110. The molecule has 68 valence electrons. The molecule has 4 aliphatic rings. The van der Waals surface area contributed by atoms with Gasteiger partial charge >= 0.3 is 0 Å². The summed E-state index contributed by atoms with van der Waals surface area (Å²) in [6.07, 6.45) is 4.64. The first-order chi connectivity index (χ1) is 6.27. The number of halogens is 1. The smallest absolute Gasteiger partial charge is 0.137 e. The van der Waals surface area contributed by atoms with Crippen LogP contribution in [-0.2, 0) is 4.79 Å². The zero-order valence-corrected chi connectivity index (χ0v) is 8.83. The number of ketones is 1. The van der Waals surface area contributed by atoms with E-state index in [1.807, 2.05) is 0 Å². The third-order valence-electron chi connectivity index (χ3n) is 4.87. The molecule has 0 amide bonds. The molecule has 2 bridgehead atoms. The number of allylic oxidation sites excluding steroid dienone is 2. The van der Waals surface area contributed by atoms with E-state index in [9.17, 15) is 4.79 Å². The highest BCUT2D eigenvalue weighted by molar-refractivity contribution is 9.11. The first-order valence-electron chi connectivity index (χ1n) is 5.17. The molecule has 0 aromatic carbocycles. The summed E-state index contributed by atoms with van der Waals surface area (Å²) < 4.78 is 1.35. The maximum Gasteiger partial charge on any atom is 0.137 e. The Morgan fingerprint density at radius 2 is 2.08 bits per heavy atom. The standard InChI is InChI=1S/C11H11BrO/c12-8-2-4-5-3-9(13)11-7(5)1-6(4)10(8)11/h2,4-7,10-11H,1,3H2/t4-,5-,6+,7+,10-,11-/m1/s1. The number of rotatable bonds is 0. The van der Waals surface area contributed by atoms with E-state index in [-0.39, 0.29) is 0 Å². The van der Waals surface area contributed by atoms with Crippen LogP contribution in [0.15, 0.2) is 10.6 Å². The fraction of sp³-hybridized carbons (Fsp3) is 0.727. The van der Waals surface area contributed by atoms with Crippen molar-refractivity contribution >= 4 is 21.7 Å². The highest BCUT2D eigenvalue weighted by Gasteiger charge is 2.66. The lowest BCUT2D eigenvalue weighted by Crippen LogP contribution is -2.24. The summed E-state index contributed by atoms with van der Waals surface area (Å²) in [7, 11) is 0. The molecule has 0 heterocycles. The van der Waals surface area contributed by atoms with Gasteiger partial charge < -0.3 is 0 Å². The van der Waals surface area contributed by atoms with Crippen LogP contribution in [0.2, 0.25) is 0 Å². The largest absolute Gasteiger partial charge is 0.299 e. The second-order valence-electron chi connectivity index (χ2n) is 5.08. The molecule has 0 unspecified atom stereocenters. The van der Waals surface area contributed by atoms with Gasteiger partial charge in [-0.2, -0.15) is 0 Å². The molecule has 4 aliphatic carbocycles. The van der Waals surface area contributed by atoms with Crippen LogP contribution in [0.1, 0.15) is 12.8 Å². The summed E-state index contributed by atoms with van der Waals surface area (Å²) in [5, 5.41) is 0. The molecule has 0 N–H and O–H groups in total. The van der Waals surface area contributed by atoms with Crippen molar-refractivity contribution in [2.75, 3.05) is 0 Å². The zero-order chi connectivity index (χ0) is 8.74. The van der Waals surface area contributed by atoms with Gasteiger partial charge in [-0.25, -0.2) is 0 Å². The van der Waals surface area contributed by atoms with E-state index in [0.717, 1.165) is 30.1 Å². The molecule has 0 aromatic heterocycles. The molecule has 3 fully saturated rings. The third-order valence-corrected chi connectivity index (χ3v) is 5.66. The van der Waals surface area contributed by atoms with Crippen LogP contribution in [0, 0.1) is 35.5 Å². The number of Topliss-reactive ketones (excluding diaryl/α,β-unsaturated/α-hetero) is 1. The first-order valence-corrected chi connectivity index (χ1v) is 5.96. The van der Waals surface area contributed by atoms with Gasteiger partial charge in [-0.3, -0.25) is 4.79 Å². The minimum absolute atomic E-state index is 0.416. The molecule has 6 atom stereocenters. The SMILES string of the molecule is O=C1C[C@@H]2[C@H]3C=C(Br)[C@H]4[C@H]3C[C@@H]2[C@H]14. The number of hydrogen-bond donors (Lipinski definition) is 0. The van der Waals surface area contributed by atoms with Crippen molar-refractivity contribution in [3.05, 3.63) is 10.6 Å². The minimum Gasteiger partial charge on any atom is -0.299 e. The highest BCUT2D eigenvalue weighted by Crippen LogP contribution is 2.69. The van der Waals surface area contributed by atoms with Gasteiger partial charge in [0, 0.05) is 18.3 Å². The Bertz CT molecular complexity index is 346. The van der Waals surface area contributed by atoms with E-state index < -0.39 is 0 Å². The van der Waals surface area contributed by atoms with Crippen molar-refractivity contribution in [3.8, 4) is 0 Å². The van der Waals surface area contributed by atoms with Crippen molar-refractivity contribution < 1.29 is 4.79 Å². The molecule has 0 aromatic rings. The van der Waals surface area contributed by atoms with Crippen LogP contribution in [-0.4, -0.2) is 5.78 Å². The van der Waals surface area contributed by atoms with Gasteiger partial charge in [-0.05, 0) is 34.6 Å². The molecule has 0 aliphatic heterocycles. The van der Waals surface area contributed by atoms with Crippen LogP contribution in [0.25, 0.3) is 0 Å². The van der Waals surface area contributed by atoms with E-state index in [2.05, 4.69) is 22.0 Å². The Morgan fingerprint density at radius 3 is 2.92 bits per heavy atom. The van der Waals surface area contributed by atoms with Crippen LogP contribution in [0.4, 0.5) is 0 Å². The summed E-state index contributed by atoms with van der Waals surface area (Å²) >= 11 is 3.65. The summed E-state index contributed by atoms with van der Waals surface area (Å²) in [5.41, 5.74) is 0. The summed E-state index contributed by atoms with van der Waals surface area (Å²) in [6.45, 7) is 0. The van der Waals surface area contributed by atoms with Gasteiger partial charge in [-0.1, -0.05) is 22.0 Å². The molecule has 0 radical (unpaired) electrons. The van der Waals surface area contributed by atoms with Gasteiger partial charge in [0.15, 0.2) is 0 Å². The van der Waals surface area contributed by atoms with E-state index in [1.165, 1.54) is 10.9 Å². The molecule has 13 heavy (non-hydrogen) atoms. The van der Waals surface area contributed by atoms with Crippen LogP contribution < -0.4 is 0 Å². The Balaban J connectivity index is 1.96. The number of carbonyl (C=O) groups excluding carboxylic acids is 1. The number of hydrogen-bond acceptors (Lipinski definition) is 1. The lowest BCUT2D eigenvalue weighted by atomic mass is 9.79. The van der Waals surface area contributed by atoms with Crippen molar-refractivity contribution in [1.82, 2.24) is 0 Å². The molecular weight excluding hydrogens is 228 g/mol. The van der Waals surface area contributed by atoms with Crippen LogP contribution in [0.3, 0.4) is 0 Å². The molecule has 0 spiro atoms. The second kappa shape index (κ2) is 1.95. The number of carbonyl (C=O) groups is 1. The Kier molecular flexibility index (Phi) is 1.08. The predicted octanol–water partition coefficient (Wildman–Crippen LogP) is 2.37. The lowest BCUT2D eigenvalue weighted by molar-refractivity contribution is -0.121. The van der Waals surface area contributed by atoms with E-state index in [4.69, 9.17) is 0 Å². The quantitative estimate of drug-likeness (QED) is 0.634. The van der Waals surface area contributed by atoms with Crippen LogP contribution in [0.5, 0.6) is 0 Å². The molecule has 2 heteroatoms. The zero-order valence-electron chi connectivity index (χ0n) is 7.24. The van der Waals surface area contributed by atoms with Gasteiger partial charge in [0.05, 0.1) is 0 Å². The lowest BCUT2D eigenvalue weighted by Gasteiger charge is -2.25. The normalized spacial score (nSPS) is 60.7. The average Bonchev–Trinajstić information content (AvgIpc) is 2.67. The van der Waals surface area contributed by atoms with E-state index in [1.54, 1.807) is 0 Å². The summed E-state index contributed by atoms with van der Waals surface area (Å²) in [6, 6.07) is 0. The predicted molar refractivity (Wildman–Crippen MR) is 52.2 cm³/mol. The van der Waals surface area contributed by atoms with Crippen molar-refractivity contribution in [3.63, 3.8) is 0 Å². The van der Waals surface area contributed by atoms with Crippen molar-refractivity contribution in [2.24, 2.45) is 35.5 Å². The molecular formula is C11H11BrO. The van der Waals surface area contributed by atoms with Gasteiger partial charge in [0.25, 0.3) is 0 Å². The van der Waals surface area contributed by atoms with Crippen LogP contribution >= 0.6 is 15.9 Å². The van der Waals surface area contributed by atoms with E-state index >= 15 is 0 Å². The average molecular weight is 239 g/mol. The second-order valence-corrected chi connectivity index (χ2v) is 5.99. The van der Waals surface area contributed by atoms with Gasteiger partial charge in [0.2, 0.25) is 0 Å². The fourth-order valence-electron chi connectivity index (χ4n) is 4.59. The maximum absolute atomic E-state index is 11.8. The summed E-state index contributed by atoms with van der Waals surface area (Å²) in [4.78, 5) is 11.8. The van der Waals surface area contributed by atoms with Crippen molar-refractivity contribution in [2.45, 2.75) is 12.8 Å². The third kappa shape index (κ3) is 0.604. The highest BCUT2D eigenvalue weighted by atomic mass is 79.9.